The standard InChI is InChI=1S/C17H26N2O3/c1-12(2)8-14(19-6-4-18-5-7-19)13-9-15(20-3)17-16(10-13)21-11-22-17/h9-10,12,14,18H,4-8,11H2,1-3H3/t14-/m1/s1. The quantitative estimate of drug-likeness (QED) is 0.905. The Bertz CT molecular complexity index is 513. The van der Waals surface area contributed by atoms with Gasteiger partial charge in [-0.15, -0.1) is 0 Å². The molecule has 122 valence electrons. The van der Waals surface area contributed by atoms with Gasteiger partial charge in [0, 0.05) is 32.2 Å². The Balaban J connectivity index is 1.92. The van der Waals surface area contributed by atoms with E-state index >= 15 is 0 Å². The van der Waals surface area contributed by atoms with Gasteiger partial charge in [-0.3, -0.25) is 4.90 Å². The van der Waals surface area contributed by atoms with Gasteiger partial charge in [-0.25, -0.2) is 0 Å². The molecule has 1 aromatic rings. The molecular formula is C17H26N2O3. The predicted octanol–water partition coefficient (Wildman–Crippen LogP) is 2.42. The molecule has 0 spiro atoms. The molecule has 1 fully saturated rings. The first-order valence-corrected chi connectivity index (χ1v) is 8.11. The van der Waals surface area contributed by atoms with Crippen molar-refractivity contribution in [3.05, 3.63) is 17.7 Å². The summed E-state index contributed by atoms with van der Waals surface area (Å²) in [6.07, 6.45) is 1.13. The van der Waals surface area contributed by atoms with E-state index in [-0.39, 0.29) is 6.79 Å². The highest BCUT2D eigenvalue weighted by Crippen LogP contribution is 2.44. The van der Waals surface area contributed by atoms with Gasteiger partial charge >= 0.3 is 0 Å². The smallest absolute Gasteiger partial charge is 0.231 e. The molecule has 0 saturated carbocycles. The maximum Gasteiger partial charge on any atom is 0.231 e. The van der Waals surface area contributed by atoms with E-state index in [9.17, 15) is 0 Å². The summed E-state index contributed by atoms with van der Waals surface area (Å²) in [4.78, 5) is 2.56. The van der Waals surface area contributed by atoms with E-state index in [0.29, 0.717) is 12.0 Å². The van der Waals surface area contributed by atoms with Gasteiger partial charge in [-0.05, 0) is 30.0 Å². The number of rotatable bonds is 5. The lowest BCUT2D eigenvalue weighted by molar-refractivity contribution is 0.153. The van der Waals surface area contributed by atoms with E-state index in [1.807, 2.05) is 0 Å². The van der Waals surface area contributed by atoms with Crippen molar-refractivity contribution >= 4 is 0 Å². The summed E-state index contributed by atoms with van der Waals surface area (Å²) in [5, 5.41) is 3.43. The van der Waals surface area contributed by atoms with Crippen LogP contribution in [0.25, 0.3) is 0 Å². The maximum atomic E-state index is 5.59. The van der Waals surface area contributed by atoms with Gasteiger partial charge < -0.3 is 19.5 Å². The Labute approximate surface area is 132 Å². The van der Waals surface area contributed by atoms with Crippen LogP contribution in [0.4, 0.5) is 0 Å². The fourth-order valence-corrected chi connectivity index (χ4v) is 3.28. The molecule has 2 heterocycles. The van der Waals surface area contributed by atoms with Gasteiger partial charge in [-0.2, -0.15) is 0 Å². The first kappa shape index (κ1) is 15.4. The van der Waals surface area contributed by atoms with Crippen molar-refractivity contribution in [1.82, 2.24) is 10.2 Å². The highest BCUT2D eigenvalue weighted by molar-refractivity contribution is 5.55. The van der Waals surface area contributed by atoms with Crippen molar-refractivity contribution in [2.45, 2.75) is 26.3 Å². The summed E-state index contributed by atoms with van der Waals surface area (Å²) in [5.74, 6) is 2.94. The molecule has 5 heteroatoms. The van der Waals surface area contributed by atoms with Crippen LogP contribution in [0, 0.1) is 5.92 Å². The minimum absolute atomic E-state index is 0.275. The zero-order valence-electron chi connectivity index (χ0n) is 13.7. The summed E-state index contributed by atoms with van der Waals surface area (Å²) in [7, 11) is 1.68. The molecule has 0 aliphatic carbocycles. The third kappa shape index (κ3) is 3.15. The molecule has 2 aliphatic heterocycles. The maximum absolute atomic E-state index is 5.59. The van der Waals surface area contributed by atoms with Gasteiger partial charge in [0.05, 0.1) is 7.11 Å². The molecule has 3 rings (SSSR count). The van der Waals surface area contributed by atoms with Crippen molar-refractivity contribution in [1.29, 1.82) is 0 Å². The Morgan fingerprint density at radius 2 is 2.00 bits per heavy atom. The number of piperazine rings is 1. The number of ether oxygens (including phenoxy) is 3. The highest BCUT2D eigenvalue weighted by atomic mass is 16.7. The topological polar surface area (TPSA) is 43.0 Å². The molecule has 0 unspecified atom stereocenters. The zero-order valence-corrected chi connectivity index (χ0v) is 13.7. The normalized spacial score (nSPS) is 19.5. The fraction of sp³-hybridized carbons (Fsp3) is 0.647. The van der Waals surface area contributed by atoms with Gasteiger partial charge in [0.1, 0.15) is 0 Å². The Kier molecular flexibility index (Phi) is 4.74. The lowest BCUT2D eigenvalue weighted by Crippen LogP contribution is -2.45. The second kappa shape index (κ2) is 6.75. The lowest BCUT2D eigenvalue weighted by Gasteiger charge is -2.36. The Hall–Kier alpha value is -1.46. The minimum atomic E-state index is 0.275. The third-order valence-electron chi connectivity index (χ3n) is 4.35. The van der Waals surface area contributed by atoms with Crippen LogP contribution in [0.5, 0.6) is 17.2 Å². The number of hydrogen-bond donors (Lipinski definition) is 1. The van der Waals surface area contributed by atoms with Crippen LogP contribution < -0.4 is 19.5 Å². The van der Waals surface area contributed by atoms with E-state index in [1.165, 1.54) is 5.56 Å². The second-order valence-electron chi connectivity index (χ2n) is 6.39. The van der Waals surface area contributed by atoms with Crippen LogP contribution in [-0.4, -0.2) is 45.0 Å². The van der Waals surface area contributed by atoms with Gasteiger partial charge in [0.2, 0.25) is 12.5 Å². The van der Waals surface area contributed by atoms with Gasteiger partial charge in [0.15, 0.2) is 11.5 Å². The molecule has 5 nitrogen and oxygen atoms in total. The lowest BCUT2D eigenvalue weighted by atomic mass is 9.94. The zero-order chi connectivity index (χ0) is 15.5. The number of hydrogen-bond acceptors (Lipinski definition) is 5. The number of nitrogens with zero attached hydrogens (tertiary/aromatic N) is 1. The van der Waals surface area contributed by atoms with Gasteiger partial charge in [0.25, 0.3) is 0 Å². The summed E-state index contributed by atoms with van der Waals surface area (Å²) >= 11 is 0. The molecule has 0 aromatic heterocycles. The molecule has 1 aromatic carbocycles. The van der Waals surface area contributed by atoms with Crippen LogP contribution >= 0.6 is 0 Å². The summed E-state index contributed by atoms with van der Waals surface area (Å²) in [6, 6.07) is 4.63. The number of methoxy groups -OCH3 is 1. The molecule has 1 atom stereocenters. The van der Waals surface area contributed by atoms with E-state index in [2.05, 4.69) is 36.2 Å². The summed E-state index contributed by atoms with van der Waals surface area (Å²) in [6.45, 7) is 9.09. The SMILES string of the molecule is COc1cc([C@@H](CC(C)C)N2CCNCC2)cc2c1OCO2. The minimum Gasteiger partial charge on any atom is -0.493 e. The van der Waals surface area contributed by atoms with E-state index in [1.54, 1.807) is 7.11 Å². The largest absolute Gasteiger partial charge is 0.493 e. The molecule has 2 aliphatic rings. The number of fused-ring (bicyclic) bond motifs is 1. The molecule has 1 N–H and O–H groups in total. The predicted molar refractivity (Wildman–Crippen MR) is 85.8 cm³/mol. The van der Waals surface area contributed by atoms with Crippen LogP contribution in [0.15, 0.2) is 12.1 Å². The molecule has 22 heavy (non-hydrogen) atoms. The number of nitrogens with one attached hydrogen (secondary N) is 1. The highest BCUT2D eigenvalue weighted by Gasteiger charge is 2.27. The molecule has 0 amide bonds. The van der Waals surface area contributed by atoms with Crippen molar-refractivity contribution in [3.63, 3.8) is 0 Å². The van der Waals surface area contributed by atoms with E-state index in [4.69, 9.17) is 14.2 Å². The van der Waals surface area contributed by atoms with Crippen LogP contribution in [0.1, 0.15) is 31.9 Å². The molecule has 1 saturated heterocycles. The fourth-order valence-electron chi connectivity index (χ4n) is 3.28. The summed E-state index contributed by atoms with van der Waals surface area (Å²) in [5.41, 5.74) is 1.26. The first-order chi connectivity index (χ1) is 10.7. The van der Waals surface area contributed by atoms with E-state index < -0.39 is 0 Å². The number of benzene rings is 1. The molecular weight excluding hydrogens is 280 g/mol. The van der Waals surface area contributed by atoms with Crippen molar-refractivity contribution in [2.75, 3.05) is 40.1 Å². The van der Waals surface area contributed by atoms with Crippen molar-refractivity contribution in [2.24, 2.45) is 5.92 Å². The van der Waals surface area contributed by atoms with Crippen molar-refractivity contribution in [3.8, 4) is 17.2 Å². The second-order valence-corrected chi connectivity index (χ2v) is 6.39. The van der Waals surface area contributed by atoms with Crippen molar-refractivity contribution < 1.29 is 14.2 Å². The average Bonchev–Trinajstić information content (AvgIpc) is 3.00. The monoisotopic (exact) mass is 306 g/mol. The average molecular weight is 306 g/mol. The van der Waals surface area contributed by atoms with Crippen LogP contribution in [0.2, 0.25) is 0 Å². The van der Waals surface area contributed by atoms with Crippen LogP contribution in [-0.2, 0) is 0 Å². The Morgan fingerprint density at radius 3 is 2.68 bits per heavy atom. The molecule has 0 radical (unpaired) electrons. The van der Waals surface area contributed by atoms with Crippen LogP contribution in [0.3, 0.4) is 0 Å². The van der Waals surface area contributed by atoms with Gasteiger partial charge in [-0.1, -0.05) is 13.8 Å². The first-order valence-electron chi connectivity index (χ1n) is 8.11. The summed E-state index contributed by atoms with van der Waals surface area (Å²) < 4.78 is 16.6. The molecule has 0 bridgehead atoms. The Morgan fingerprint density at radius 1 is 1.23 bits per heavy atom. The van der Waals surface area contributed by atoms with E-state index in [0.717, 1.165) is 49.8 Å². The third-order valence-corrected chi connectivity index (χ3v) is 4.35.